The van der Waals surface area contributed by atoms with Crippen molar-refractivity contribution in [1.29, 1.82) is 0 Å². The number of aldehydes is 1. The molecule has 0 radical (unpaired) electrons. The van der Waals surface area contributed by atoms with Gasteiger partial charge in [-0.2, -0.15) is 0 Å². The van der Waals surface area contributed by atoms with E-state index in [1.807, 2.05) is 42.5 Å². The number of fused-ring (bicyclic) bond motifs is 2. The van der Waals surface area contributed by atoms with E-state index in [1.165, 1.54) is 0 Å². The van der Waals surface area contributed by atoms with E-state index in [-0.39, 0.29) is 10.7 Å². The highest BCUT2D eigenvalue weighted by atomic mass is 79.9. The van der Waals surface area contributed by atoms with Crippen molar-refractivity contribution >= 4 is 51.3 Å². The van der Waals surface area contributed by atoms with Crippen LogP contribution >= 0.6 is 27.7 Å². The third-order valence-electron chi connectivity index (χ3n) is 3.30. The summed E-state index contributed by atoms with van der Waals surface area (Å²) < 4.78 is 0. The molecule has 1 amide bonds. The van der Waals surface area contributed by atoms with Crippen molar-refractivity contribution in [2.24, 2.45) is 0 Å². The second-order valence-corrected chi connectivity index (χ2v) is 6.76. The van der Waals surface area contributed by atoms with Crippen LogP contribution in [0.4, 0.5) is 11.4 Å². The topological polar surface area (TPSA) is 37.4 Å². The van der Waals surface area contributed by atoms with Gasteiger partial charge in [-0.15, -0.1) is 0 Å². The van der Waals surface area contributed by atoms with E-state index in [4.69, 9.17) is 0 Å². The number of rotatable bonds is 2. The monoisotopic (exact) mass is 361 g/mol. The van der Waals surface area contributed by atoms with E-state index in [1.54, 1.807) is 23.6 Å². The van der Waals surface area contributed by atoms with Crippen molar-refractivity contribution in [2.45, 2.75) is 21.5 Å². The Morgan fingerprint density at radius 2 is 1.90 bits per heavy atom. The molecule has 0 saturated carbocycles. The largest absolute Gasteiger partial charge is 0.302 e. The number of carbonyl (C=O) groups is 2. The normalized spacial score (nSPS) is 14.1. The molecule has 1 aliphatic rings. The Kier molecular flexibility index (Phi) is 3.87. The van der Waals surface area contributed by atoms with Crippen LogP contribution in [0.25, 0.3) is 0 Å². The van der Waals surface area contributed by atoms with Crippen molar-refractivity contribution in [3.63, 3.8) is 0 Å². The van der Waals surface area contributed by atoms with Crippen LogP contribution < -0.4 is 4.90 Å². The summed E-state index contributed by atoms with van der Waals surface area (Å²) in [6.07, 6.45) is 0.837. The van der Waals surface area contributed by atoms with E-state index in [9.17, 15) is 9.59 Å². The van der Waals surface area contributed by atoms with Crippen LogP contribution in [0.15, 0.2) is 52.3 Å². The molecule has 106 valence electrons. The maximum Gasteiger partial charge on any atom is 0.228 e. The number of para-hydroxylation sites is 1. The van der Waals surface area contributed by atoms with Gasteiger partial charge in [-0.25, -0.2) is 0 Å². The van der Waals surface area contributed by atoms with Gasteiger partial charge in [0.25, 0.3) is 0 Å². The van der Waals surface area contributed by atoms with Crippen LogP contribution in [-0.4, -0.2) is 12.2 Å². The molecule has 0 N–H and O–H groups in total. The van der Waals surface area contributed by atoms with E-state index in [0.717, 1.165) is 33.0 Å². The number of alkyl halides is 1. The van der Waals surface area contributed by atoms with Gasteiger partial charge >= 0.3 is 0 Å². The minimum atomic E-state index is -0.362. The Morgan fingerprint density at radius 3 is 2.62 bits per heavy atom. The zero-order valence-corrected chi connectivity index (χ0v) is 13.6. The third kappa shape index (κ3) is 2.51. The number of carbonyl (C=O) groups excluding carboxylic acids is 2. The summed E-state index contributed by atoms with van der Waals surface area (Å²) >= 11 is 4.96. The Morgan fingerprint density at radius 1 is 1.19 bits per heavy atom. The molecule has 0 aromatic heterocycles. The van der Waals surface area contributed by atoms with Crippen LogP contribution in [0.2, 0.25) is 0 Å². The Balaban J connectivity index is 2.17. The lowest BCUT2D eigenvalue weighted by molar-refractivity contribution is -0.116. The molecule has 1 aliphatic heterocycles. The van der Waals surface area contributed by atoms with Crippen LogP contribution in [0.3, 0.4) is 0 Å². The van der Waals surface area contributed by atoms with Crippen molar-refractivity contribution in [3.8, 4) is 0 Å². The van der Waals surface area contributed by atoms with Gasteiger partial charge in [0.05, 0.1) is 16.2 Å². The van der Waals surface area contributed by atoms with Crippen molar-refractivity contribution in [1.82, 2.24) is 0 Å². The quantitative estimate of drug-likeness (QED) is 0.584. The van der Waals surface area contributed by atoms with Crippen molar-refractivity contribution in [2.75, 3.05) is 4.90 Å². The second kappa shape index (κ2) is 5.66. The van der Waals surface area contributed by atoms with Crippen LogP contribution in [-0.2, 0) is 9.59 Å². The first-order chi connectivity index (χ1) is 10.1. The molecule has 2 aromatic carbocycles. The molecular formula is C16H12BrNO2S. The smallest absolute Gasteiger partial charge is 0.228 e. The molecule has 0 aliphatic carbocycles. The number of nitrogens with zero attached hydrogens (tertiary/aromatic N) is 1. The Labute approximate surface area is 135 Å². The summed E-state index contributed by atoms with van der Waals surface area (Å²) in [5.41, 5.74) is 2.56. The lowest BCUT2D eigenvalue weighted by Crippen LogP contribution is -2.25. The molecule has 0 bridgehead atoms. The van der Waals surface area contributed by atoms with E-state index < -0.39 is 0 Å². The van der Waals surface area contributed by atoms with Gasteiger partial charge < -0.3 is 4.79 Å². The zero-order valence-electron chi connectivity index (χ0n) is 11.2. The first-order valence-electron chi connectivity index (χ1n) is 6.42. The van der Waals surface area contributed by atoms with Gasteiger partial charge in [-0.3, -0.25) is 9.69 Å². The number of anilines is 2. The predicted molar refractivity (Wildman–Crippen MR) is 87.6 cm³/mol. The second-order valence-electron chi connectivity index (χ2n) is 4.69. The average molecular weight is 362 g/mol. The zero-order chi connectivity index (χ0) is 15.0. The maximum atomic E-state index is 12.1. The molecule has 2 aromatic rings. The molecular weight excluding hydrogens is 350 g/mol. The fraction of sp³-hybridized carbons (Fsp3) is 0.125. The molecule has 0 spiro atoms. The molecule has 1 unspecified atom stereocenters. The summed E-state index contributed by atoms with van der Waals surface area (Å²) in [5, 5.41) is 0. The van der Waals surface area contributed by atoms with Crippen molar-refractivity contribution < 1.29 is 9.59 Å². The highest BCUT2D eigenvalue weighted by Gasteiger charge is 2.26. The van der Waals surface area contributed by atoms with Gasteiger partial charge in [-0.05, 0) is 29.8 Å². The number of hydrogen-bond acceptors (Lipinski definition) is 3. The molecule has 1 atom stereocenters. The number of hydrogen-bond donors (Lipinski definition) is 0. The van der Waals surface area contributed by atoms with Gasteiger partial charge in [0.15, 0.2) is 0 Å². The molecule has 0 fully saturated rings. The number of amides is 1. The average Bonchev–Trinajstić information content (AvgIpc) is 2.50. The van der Waals surface area contributed by atoms with E-state index >= 15 is 0 Å². The fourth-order valence-corrected chi connectivity index (χ4v) is 3.68. The van der Waals surface area contributed by atoms with Gasteiger partial charge in [0.1, 0.15) is 6.29 Å². The molecule has 21 heavy (non-hydrogen) atoms. The molecule has 5 heteroatoms. The molecule has 1 heterocycles. The lowest BCUT2D eigenvalue weighted by atomic mass is 10.1. The van der Waals surface area contributed by atoms with Crippen LogP contribution in [0.1, 0.15) is 17.3 Å². The fourth-order valence-electron chi connectivity index (χ4n) is 2.36. The van der Waals surface area contributed by atoms with Crippen LogP contribution in [0, 0.1) is 0 Å². The van der Waals surface area contributed by atoms with Gasteiger partial charge in [0.2, 0.25) is 5.91 Å². The highest BCUT2D eigenvalue weighted by molar-refractivity contribution is 9.09. The first kappa shape index (κ1) is 14.4. The Bertz CT molecular complexity index is 732. The lowest BCUT2D eigenvalue weighted by Gasteiger charge is -2.30. The predicted octanol–water partition coefficient (Wildman–Crippen LogP) is 4.47. The van der Waals surface area contributed by atoms with E-state index in [0.29, 0.717) is 0 Å². The minimum absolute atomic E-state index is 0.0432. The summed E-state index contributed by atoms with van der Waals surface area (Å²) in [7, 11) is 0. The summed E-state index contributed by atoms with van der Waals surface area (Å²) in [6.45, 7) is 1.55. The maximum absolute atomic E-state index is 12.1. The molecule has 3 rings (SSSR count). The SMILES string of the molecule is CC(=O)N1c2ccccc2Sc2ccc(C(Br)C=O)cc21. The standard InChI is InChI=1S/C16H12BrNO2S/c1-10(20)18-13-4-2-3-5-15(13)21-16-7-6-11(8-14(16)18)12(17)9-19/h2-9,12H,1H3. The molecule has 0 saturated heterocycles. The third-order valence-corrected chi connectivity index (χ3v) is 5.18. The first-order valence-corrected chi connectivity index (χ1v) is 8.16. The summed E-state index contributed by atoms with van der Waals surface area (Å²) in [4.78, 5) is 26.5. The van der Waals surface area contributed by atoms with Gasteiger partial charge in [-0.1, -0.05) is 45.9 Å². The highest BCUT2D eigenvalue weighted by Crippen LogP contribution is 2.48. The molecule has 3 nitrogen and oxygen atoms in total. The number of halogens is 1. The number of benzene rings is 2. The van der Waals surface area contributed by atoms with Crippen molar-refractivity contribution in [3.05, 3.63) is 48.0 Å². The van der Waals surface area contributed by atoms with E-state index in [2.05, 4.69) is 15.9 Å². The minimum Gasteiger partial charge on any atom is -0.302 e. The summed E-state index contributed by atoms with van der Waals surface area (Å²) in [5.74, 6) is -0.0432. The summed E-state index contributed by atoms with van der Waals surface area (Å²) in [6, 6.07) is 13.6. The van der Waals surface area contributed by atoms with Gasteiger partial charge in [0, 0.05) is 16.7 Å². The Hall–Kier alpha value is -1.59. The van der Waals surface area contributed by atoms with Crippen LogP contribution in [0.5, 0.6) is 0 Å².